The van der Waals surface area contributed by atoms with Crippen LogP contribution in [0.1, 0.15) is 32.3 Å². The number of carbonyl (C=O) groups excluding carboxylic acids is 1. The topological polar surface area (TPSA) is 83.8 Å². The number of nitrogens with zero attached hydrogens (tertiary/aromatic N) is 2. The van der Waals surface area contributed by atoms with E-state index in [1.54, 1.807) is 0 Å². The van der Waals surface area contributed by atoms with Gasteiger partial charge in [-0.05, 0) is 36.6 Å². The zero-order valence-corrected chi connectivity index (χ0v) is 17.3. The van der Waals surface area contributed by atoms with Crippen LogP contribution in [0.3, 0.4) is 0 Å². The summed E-state index contributed by atoms with van der Waals surface area (Å²) >= 11 is 1.24. The molecule has 2 aromatic heterocycles. The van der Waals surface area contributed by atoms with Crippen LogP contribution < -0.4 is 5.32 Å². The summed E-state index contributed by atoms with van der Waals surface area (Å²) in [4.78, 5) is 15.7. The van der Waals surface area contributed by atoms with Crippen molar-refractivity contribution in [2.24, 2.45) is 0 Å². The Morgan fingerprint density at radius 1 is 1.07 bits per heavy atom. The highest BCUT2D eigenvalue weighted by atomic mass is 32.2. The van der Waals surface area contributed by atoms with Gasteiger partial charge in [0.15, 0.2) is 0 Å². The molecule has 0 saturated carbocycles. The molecule has 0 saturated heterocycles. The van der Waals surface area contributed by atoms with E-state index in [0.717, 1.165) is 22.2 Å². The van der Waals surface area contributed by atoms with E-state index < -0.39 is 0 Å². The molecule has 2 heterocycles. The second-order valence-corrected chi connectivity index (χ2v) is 8.44. The van der Waals surface area contributed by atoms with Crippen LogP contribution >= 0.6 is 11.8 Å². The van der Waals surface area contributed by atoms with E-state index in [-0.39, 0.29) is 11.2 Å². The molecule has 0 fully saturated rings. The van der Waals surface area contributed by atoms with Gasteiger partial charge in [-0.25, -0.2) is 0 Å². The molecule has 7 heteroatoms. The molecular weight excluding hydrogens is 384 g/mol. The Labute approximate surface area is 173 Å². The minimum atomic E-state index is -0.379. The molecule has 1 atom stereocenters. The fourth-order valence-corrected chi connectivity index (χ4v) is 3.70. The summed E-state index contributed by atoms with van der Waals surface area (Å²) in [6.45, 7) is 6.10. The van der Waals surface area contributed by atoms with Gasteiger partial charge in [-0.15, -0.1) is 10.2 Å². The van der Waals surface area contributed by atoms with Crippen molar-refractivity contribution >= 4 is 34.3 Å². The summed E-state index contributed by atoms with van der Waals surface area (Å²) in [6, 6.07) is 15.8. The number of anilines is 1. The van der Waals surface area contributed by atoms with Gasteiger partial charge in [0, 0.05) is 22.8 Å². The Morgan fingerprint density at radius 2 is 1.83 bits per heavy atom. The van der Waals surface area contributed by atoms with Gasteiger partial charge >= 0.3 is 0 Å². The molecule has 1 amide bonds. The number of H-pyrrole nitrogens is 1. The summed E-state index contributed by atoms with van der Waals surface area (Å²) in [5.74, 6) is 0.777. The van der Waals surface area contributed by atoms with E-state index >= 15 is 0 Å². The summed E-state index contributed by atoms with van der Waals surface area (Å²) in [6.07, 6.45) is 1.85. The Kier molecular flexibility index (Phi) is 5.40. The number of nitrogens with one attached hydrogen (secondary N) is 2. The third-order valence-corrected chi connectivity index (χ3v) is 5.65. The van der Waals surface area contributed by atoms with Gasteiger partial charge in [0.2, 0.25) is 5.91 Å². The van der Waals surface area contributed by atoms with Crippen LogP contribution in [-0.4, -0.2) is 26.3 Å². The number of para-hydroxylation sites is 1. The number of rotatable bonds is 6. The molecule has 0 aliphatic heterocycles. The quantitative estimate of drug-likeness (QED) is 0.415. The van der Waals surface area contributed by atoms with Crippen LogP contribution in [0.2, 0.25) is 0 Å². The van der Waals surface area contributed by atoms with Gasteiger partial charge in [-0.2, -0.15) is 0 Å². The highest BCUT2D eigenvalue weighted by Crippen LogP contribution is 2.31. The van der Waals surface area contributed by atoms with Gasteiger partial charge in [-0.3, -0.25) is 4.79 Å². The van der Waals surface area contributed by atoms with E-state index in [1.165, 1.54) is 17.3 Å². The Hall–Kier alpha value is -3.06. The second-order valence-electron chi connectivity index (χ2n) is 7.15. The number of benzene rings is 2. The lowest BCUT2D eigenvalue weighted by atomic mass is 10.0. The van der Waals surface area contributed by atoms with Crippen LogP contribution in [0.25, 0.3) is 22.4 Å². The maximum Gasteiger partial charge on any atom is 0.277 e. The van der Waals surface area contributed by atoms with E-state index in [1.807, 2.05) is 61.7 Å². The van der Waals surface area contributed by atoms with Gasteiger partial charge in [0.05, 0.1) is 10.8 Å². The van der Waals surface area contributed by atoms with Crippen molar-refractivity contribution in [2.45, 2.75) is 37.2 Å². The van der Waals surface area contributed by atoms with Crippen LogP contribution in [0.15, 0.2) is 64.4 Å². The van der Waals surface area contributed by atoms with Crippen molar-refractivity contribution in [2.75, 3.05) is 5.32 Å². The fourth-order valence-electron chi connectivity index (χ4n) is 3.01. The predicted octanol–water partition coefficient (Wildman–Crippen LogP) is 5.46. The second kappa shape index (κ2) is 8.13. The van der Waals surface area contributed by atoms with Crippen LogP contribution in [0.4, 0.5) is 5.69 Å². The van der Waals surface area contributed by atoms with Gasteiger partial charge < -0.3 is 14.7 Å². The molecule has 148 valence electrons. The van der Waals surface area contributed by atoms with E-state index in [4.69, 9.17) is 4.42 Å². The minimum absolute atomic E-state index is 0.112. The normalized spacial score (nSPS) is 12.4. The monoisotopic (exact) mass is 406 g/mol. The molecular formula is C22H22N4O2S. The zero-order chi connectivity index (χ0) is 20.4. The number of hydrogen-bond acceptors (Lipinski definition) is 5. The standard InChI is InChI=1S/C22H22N4O2S/c1-13(2)15-8-10-16(11-9-15)24-20(27)14(3)29-22-26-25-21(28-22)18-12-23-19-7-5-4-6-17(18)19/h4-14,23H,1-3H3,(H,24,27)/t14-/m0/s1. The average molecular weight is 407 g/mol. The number of carbonyl (C=O) groups is 1. The molecule has 6 nitrogen and oxygen atoms in total. The van der Waals surface area contributed by atoms with E-state index in [2.05, 4.69) is 34.3 Å². The average Bonchev–Trinajstić information content (AvgIpc) is 3.35. The minimum Gasteiger partial charge on any atom is -0.411 e. The molecule has 4 aromatic rings. The number of hydrogen-bond donors (Lipinski definition) is 2. The first-order valence-corrected chi connectivity index (χ1v) is 10.4. The maximum absolute atomic E-state index is 12.5. The highest BCUT2D eigenvalue weighted by Gasteiger charge is 2.20. The number of thioether (sulfide) groups is 1. The maximum atomic E-state index is 12.5. The van der Waals surface area contributed by atoms with Crippen molar-refractivity contribution in [1.29, 1.82) is 0 Å². The molecule has 0 aliphatic rings. The van der Waals surface area contributed by atoms with Gasteiger partial charge in [-0.1, -0.05) is 55.9 Å². The van der Waals surface area contributed by atoms with Crippen molar-refractivity contribution in [3.05, 3.63) is 60.3 Å². The number of aromatic amines is 1. The lowest BCUT2D eigenvalue weighted by Gasteiger charge is -2.11. The smallest absolute Gasteiger partial charge is 0.277 e. The molecule has 0 aliphatic carbocycles. The van der Waals surface area contributed by atoms with E-state index in [0.29, 0.717) is 17.0 Å². The largest absolute Gasteiger partial charge is 0.411 e. The summed E-state index contributed by atoms with van der Waals surface area (Å²) < 4.78 is 5.79. The first kappa shape index (κ1) is 19.3. The summed E-state index contributed by atoms with van der Waals surface area (Å²) in [5.41, 5.74) is 3.87. The van der Waals surface area contributed by atoms with Crippen LogP contribution in [0.5, 0.6) is 0 Å². The van der Waals surface area contributed by atoms with Crippen LogP contribution in [-0.2, 0) is 4.79 Å². The SMILES string of the molecule is CC(C)c1ccc(NC(=O)[C@H](C)Sc2nnc(-c3c[nH]c4ccccc34)o2)cc1. The summed E-state index contributed by atoms with van der Waals surface area (Å²) in [5, 5.41) is 12.2. The number of aromatic nitrogens is 3. The molecule has 0 radical (unpaired) electrons. The number of fused-ring (bicyclic) bond motifs is 1. The molecule has 2 aromatic carbocycles. The Morgan fingerprint density at radius 3 is 2.59 bits per heavy atom. The van der Waals surface area contributed by atoms with E-state index in [9.17, 15) is 4.79 Å². The lowest BCUT2D eigenvalue weighted by Crippen LogP contribution is -2.22. The molecule has 0 bridgehead atoms. The first-order chi connectivity index (χ1) is 14.0. The predicted molar refractivity (Wildman–Crippen MR) is 116 cm³/mol. The van der Waals surface area contributed by atoms with Gasteiger partial charge in [0.25, 0.3) is 11.1 Å². The third-order valence-electron chi connectivity index (χ3n) is 4.72. The molecule has 2 N–H and O–H groups in total. The molecule has 0 spiro atoms. The Balaban J connectivity index is 1.42. The third kappa shape index (κ3) is 4.19. The van der Waals surface area contributed by atoms with Gasteiger partial charge in [0.1, 0.15) is 0 Å². The van der Waals surface area contributed by atoms with Crippen molar-refractivity contribution < 1.29 is 9.21 Å². The van der Waals surface area contributed by atoms with Crippen molar-refractivity contribution in [3.8, 4) is 11.5 Å². The summed E-state index contributed by atoms with van der Waals surface area (Å²) in [7, 11) is 0. The highest BCUT2D eigenvalue weighted by molar-refractivity contribution is 8.00. The van der Waals surface area contributed by atoms with Crippen molar-refractivity contribution in [3.63, 3.8) is 0 Å². The van der Waals surface area contributed by atoms with Crippen LogP contribution in [0, 0.1) is 0 Å². The zero-order valence-electron chi connectivity index (χ0n) is 16.5. The number of amides is 1. The Bertz CT molecular complexity index is 1130. The van der Waals surface area contributed by atoms with Crippen molar-refractivity contribution in [1.82, 2.24) is 15.2 Å². The molecule has 0 unspecified atom stereocenters. The lowest BCUT2D eigenvalue weighted by molar-refractivity contribution is -0.115. The molecule has 29 heavy (non-hydrogen) atoms. The first-order valence-electron chi connectivity index (χ1n) is 9.48. The molecule has 4 rings (SSSR count). The fraction of sp³-hybridized carbons (Fsp3) is 0.227.